The van der Waals surface area contributed by atoms with Gasteiger partial charge < -0.3 is 10.1 Å². The molecule has 0 saturated carbocycles. The van der Waals surface area contributed by atoms with E-state index in [9.17, 15) is 22.4 Å². The van der Waals surface area contributed by atoms with Gasteiger partial charge in [-0.05, 0) is 49.1 Å². The Labute approximate surface area is 192 Å². The standard InChI is InChI=1S/C23H26FN3O5S/c24-20-10-4-3-7-17(20)12-13-23(29)32-16-22(28)26-18-8-6-9-19(15-18)33(30,31)27-21-11-2-1-5-14-25-21/h3-4,6-10,15H,1-2,5,11-14,16H2,(H,25,27)(H,26,28). The number of anilines is 1. The SMILES string of the molecule is O=C(COC(=O)CCc1ccccc1F)Nc1cccc(S(=O)(=O)NC2=NCCCCC2)c1. The highest BCUT2D eigenvalue weighted by atomic mass is 32.2. The summed E-state index contributed by atoms with van der Waals surface area (Å²) in [7, 11) is -3.85. The fourth-order valence-electron chi connectivity index (χ4n) is 3.27. The summed E-state index contributed by atoms with van der Waals surface area (Å²) in [5, 5.41) is 2.51. The number of amides is 1. The topological polar surface area (TPSA) is 114 Å². The van der Waals surface area contributed by atoms with Gasteiger partial charge in [-0.3, -0.25) is 19.3 Å². The molecule has 2 aromatic carbocycles. The Bertz CT molecular complexity index is 1130. The van der Waals surface area contributed by atoms with E-state index in [-0.39, 0.29) is 23.4 Å². The first-order valence-corrected chi connectivity index (χ1v) is 12.2. The highest BCUT2D eigenvalue weighted by molar-refractivity contribution is 7.90. The lowest BCUT2D eigenvalue weighted by Gasteiger charge is -2.11. The van der Waals surface area contributed by atoms with Crippen molar-refractivity contribution in [3.63, 3.8) is 0 Å². The van der Waals surface area contributed by atoms with Crippen molar-refractivity contribution in [3.05, 3.63) is 59.9 Å². The Kier molecular flexibility index (Phi) is 8.53. The molecule has 1 amide bonds. The van der Waals surface area contributed by atoms with E-state index in [1.165, 1.54) is 30.3 Å². The fourth-order valence-corrected chi connectivity index (χ4v) is 4.40. The summed E-state index contributed by atoms with van der Waals surface area (Å²) >= 11 is 0. The molecule has 3 rings (SSSR count). The van der Waals surface area contributed by atoms with Crippen LogP contribution < -0.4 is 10.0 Å². The van der Waals surface area contributed by atoms with Crippen molar-refractivity contribution in [1.82, 2.24) is 4.72 Å². The van der Waals surface area contributed by atoms with E-state index in [4.69, 9.17) is 4.74 Å². The van der Waals surface area contributed by atoms with E-state index in [0.29, 0.717) is 24.4 Å². The number of esters is 1. The first-order valence-electron chi connectivity index (χ1n) is 10.7. The van der Waals surface area contributed by atoms with Gasteiger partial charge >= 0.3 is 5.97 Å². The van der Waals surface area contributed by atoms with Gasteiger partial charge in [0.1, 0.15) is 11.7 Å². The Balaban J connectivity index is 1.50. The van der Waals surface area contributed by atoms with E-state index in [1.807, 2.05) is 0 Å². The van der Waals surface area contributed by atoms with Gasteiger partial charge in [-0.15, -0.1) is 0 Å². The van der Waals surface area contributed by atoms with Crippen LogP contribution in [-0.4, -0.2) is 39.3 Å². The van der Waals surface area contributed by atoms with Crippen LogP contribution in [0, 0.1) is 5.82 Å². The molecule has 0 aromatic heterocycles. The van der Waals surface area contributed by atoms with Crippen molar-refractivity contribution in [2.45, 2.75) is 43.4 Å². The summed E-state index contributed by atoms with van der Waals surface area (Å²) in [4.78, 5) is 28.2. The zero-order chi connectivity index (χ0) is 23.7. The summed E-state index contributed by atoms with van der Waals surface area (Å²) in [6.45, 7) is 0.0507. The summed E-state index contributed by atoms with van der Waals surface area (Å²) in [6.07, 6.45) is 3.46. The van der Waals surface area contributed by atoms with Crippen molar-refractivity contribution < 1.29 is 27.1 Å². The lowest BCUT2D eigenvalue weighted by atomic mass is 10.1. The normalized spacial score (nSPS) is 14.0. The molecule has 0 saturated heterocycles. The number of carbonyl (C=O) groups is 2. The highest BCUT2D eigenvalue weighted by Crippen LogP contribution is 2.17. The molecule has 0 radical (unpaired) electrons. The van der Waals surface area contributed by atoms with Gasteiger partial charge in [0.15, 0.2) is 6.61 Å². The predicted octanol–water partition coefficient (Wildman–Crippen LogP) is 3.19. The Morgan fingerprint density at radius 3 is 2.70 bits per heavy atom. The number of benzene rings is 2. The van der Waals surface area contributed by atoms with Crippen LogP contribution >= 0.6 is 0 Å². The van der Waals surface area contributed by atoms with Crippen molar-refractivity contribution in [3.8, 4) is 0 Å². The van der Waals surface area contributed by atoms with Gasteiger partial charge in [0, 0.05) is 25.1 Å². The minimum atomic E-state index is -3.85. The number of aryl methyl sites for hydroxylation is 1. The summed E-state index contributed by atoms with van der Waals surface area (Å²) < 4.78 is 46.4. The third kappa shape index (κ3) is 7.67. The molecule has 0 unspecified atom stereocenters. The van der Waals surface area contributed by atoms with E-state index in [0.717, 1.165) is 19.3 Å². The number of aliphatic imine (C=N–C) groups is 1. The number of rotatable bonds is 8. The number of carbonyl (C=O) groups excluding carboxylic acids is 2. The summed E-state index contributed by atoms with van der Waals surface area (Å²) in [5.74, 6) is -1.23. The molecule has 1 aliphatic heterocycles. The maximum Gasteiger partial charge on any atom is 0.306 e. The van der Waals surface area contributed by atoms with Crippen LogP contribution in [0.5, 0.6) is 0 Å². The third-order valence-electron chi connectivity index (χ3n) is 4.98. The molecule has 0 aliphatic carbocycles. The molecule has 0 bridgehead atoms. The minimum Gasteiger partial charge on any atom is -0.456 e. The van der Waals surface area contributed by atoms with Gasteiger partial charge in [0.25, 0.3) is 15.9 Å². The molecule has 2 aromatic rings. The first kappa shape index (κ1) is 24.4. The van der Waals surface area contributed by atoms with Crippen LogP contribution in [0.25, 0.3) is 0 Å². The molecule has 0 atom stereocenters. The van der Waals surface area contributed by atoms with E-state index in [2.05, 4.69) is 15.0 Å². The maximum absolute atomic E-state index is 13.6. The van der Waals surface area contributed by atoms with Crippen molar-refractivity contribution >= 4 is 33.4 Å². The van der Waals surface area contributed by atoms with Gasteiger partial charge in [0.05, 0.1) is 4.90 Å². The molecule has 1 aliphatic rings. The van der Waals surface area contributed by atoms with E-state index in [1.54, 1.807) is 18.2 Å². The molecule has 10 heteroatoms. The molecular weight excluding hydrogens is 449 g/mol. The number of amidine groups is 1. The summed E-state index contributed by atoms with van der Waals surface area (Å²) in [5.41, 5.74) is 0.633. The molecule has 1 heterocycles. The van der Waals surface area contributed by atoms with Crippen molar-refractivity contribution in [2.75, 3.05) is 18.5 Å². The molecule has 0 fully saturated rings. The van der Waals surface area contributed by atoms with Gasteiger partial charge in [0.2, 0.25) is 0 Å². The Morgan fingerprint density at radius 1 is 1.06 bits per heavy atom. The van der Waals surface area contributed by atoms with Crippen LogP contribution in [0.4, 0.5) is 10.1 Å². The lowest BCUT2D eigenvalue weighted by molar-refractivity contribution is -0.147. The van der Waals surface area contributed by atoms with Crippen molar-refractivity contribution in [2.24, 2.45) is 4.99 Å². The zero-order valence-electron chi connectivity index (χ0n) is 18.1. The van der Waals surface area contributed by atoms with Crippen molar-refractivity contribution in [1.29, 1.82) is 0 Å². The minimum absolute atomic E-state index is 0.0193. The second kappa shape index (κ2) is 11.6. The van der Waals surface area contributed by atoms with Crippen LogP contribution in [-0.2, 0) is 30.8 Å². The average Bonchev–Trinajstić information content (AvgIpc) is 3.05. The van der Waals surface area contributed by atoms with E-state index < -0.39 is 34.3 Å². The second-order valence-corrected chi connectivity index (χ2v) is 9.26. The highest BCUT2D eigenvalue weighted by Gasteiger charge is 2.18. The second-order valence-electron chi connectivity index (χ2n) is 7.57. The zero-order valence-corrected chi connectivity index (χ0v) is 18.9. The molecule has 33 heavy (non-hydrogen) atoms. The Hall–Kier alpha value is -3.27. The molecule has 2 N–H and O–H groups in total. The molecule has 0 spiro atoms. The Morgan fingerprint density at radius 2 is 1.88 bits per heavy atom. The molecular formula is C23H26FN3O5S. The van der Waals surface area contributed by atoms with Gasteiger partial charge in [-0.25, -0.2) is 12.8 Å². The number of nitrogens with zero attached hydrogens (tertiary/aromatic N) is 1. The maximum atomic E-state index is 13.6. The lowest BCUT2D eigenvalue weighted by Crippen LogP contribution is -2.30. The van der Waals surface area contributed by atoms with Crippen LogP contribution in [0.2, 0.25) is 0 Å². The average molecular weight is 476 g/mol. The van der Waals surface area contributed by atoms with Gasteiger partial charge in [-0.2, -0.15) is 0 Å². The fraction of sp³-hybridized carbons (Fsp3) is 0.348. The number of sulfonamides is 1. The molecule has 176 valence electrons. The molecule has 8 nitrogen and oxygen atoms in total. The van der Waals surface area contributed by atoms with Crippen LogP contribution in [0.3, 0.4) is 0 Å². The number of hydrogen-bond donors (Lipinski definition) is 2. The largest absolute Gasteiger partial charge is 0.456 e. The number of nitrogens with one attached hydrogen (secondary N) is 2. The predicted molar refractivity (Wildman–Crippen MR) is 122 cm³/mol. The number of halogens is 1. The monoisotopic (exact) mass is 475 g/mol. The smallest absolute Gasteiger partial charge is 0.306 e. The van der Waals surface area contributed by atoms with E-state index >= 15 is 0 Å². The number of ether oxygens (including phenoxy) is 1. The van der Waals surface area contributed by atoms with Crippen LogP contribution in [0.15, 0.2) is 58.4 Å². The quantitative estimate of drug-likeness (QED) is 0.569. The number of hydrogen-bond acceptors (Lipinski definition) is 6. The first-order chi connectivity index (χ1) is 15.8. The van der Waals surface area contributed by atoms with Crippen LogP contribution in [0.1, 0.15) is 37.7 Å². The summed E-state index contributed by atoms with van der Waals surface area (Å²) in [6, 6.07) is 11.9. The third-order valence-corrected chi connectivity index (χ3v) is 6.35. The van der Waals surface area contributed by atoms with Gasteiger partial charge in [-0.1, -0.05) is 30.7 Å².